The molecule has 28 heavy (non-hydrogen) atoms. The van der Waals surface area contributed by atoms with Crippen LogP contribution in [0.1, 0.15) is 24.2 Å². The first-order chi connectivity index (χ1) is 13.5. The minimum Gasteiger partial charge on any atom is -0.326 e. The Bertz CT molecular complexity index is 959. The highest BCUT2D eigenvalue weighted by Crippen LogP contribution is 2.27. The second-order valence-corrected chi connectivity index (χ2v) is 7.34. The Morgan fingerprint density at radius 2 is 2.04 bits per heavy atom. The summed E-state index contributed by atoms with van der Waals surface area (Å²) in [4.78, 5) is 13.3. The van der Waals surface area contributed by atoms with Crippen molar-refractivity contribution in [2.24, 2.45) is 0 Å². The molecule has 3 rings (SSSR count). The third-order valence-corrected chi connectivity index (χ3v) is 4.86. The summed E-state index contributed by atoms with van der Waals surface area (Å²) in [6, 6.07) is 12.5. The maximum atomic E-state index is 13.3. The van der Waals surface area contributed by atoms with E-state index in [0.29, 0.717) is 16.7 Å². The second-order valence-electron chi connectivity index (χ2n) is 6.29. The van der Waals surface area contributed by atoms with Gasteiger partial charge in [-0.05, 0) is 55.2 Å². The van der Waals surface area contributed by atoms with E-state index in [1.165, 1.54) is 18.9 Å². The SMILES string of the molecule is [B]c1cnn(-c2ccc(NC(=O)Cc3ccc(C(C)F)cc3)cc2SNC)c1. The molecule has 0 spiro atoms. The number of nitrogens with zero attached hydrogens (tertiary/aromatic N) is 2. The van der Waals surface area contributed by atoms with Gasteiger partial charge in [-0.15, -0.1) is 0 Å². The fourth-order valence-corrected chi connectivity index (χ4v) is 3.40. The number of carbonyl (C=O) groups excluding carboxylic acids is 1. The van der Waals surface area contributed by atoms with Crippen molar-refractivity contribution in [3.63, 3.8) is 0 Å². The van der Waals surface area contributed by atoms with Crippen LogP contribution in [0.25, 0.3) is 5.69 Å². The molecule has 1 atom stereocenters. The van der Waals surface area contributed by atoms with Gasteiger partial charge in [0.1, 0.15) is 14.0 Å². The first-order valence-electron chi connectivity index (χ1n) is 8.77. The minimum absolute atomic E-state index is 0.141. The van der Waals surface area contributed by atoms with E-state index in [1.54, 1.807) is 41.3 Å². The Balaban J connectivity index is 1.72. The van der Waals surface area contributed by atoms with Crippen molar-refractivity contribution < 1.29 is 9.18 Å². The average molecular weight is 394 g/mol. The van der Waals surface area contributed by atoms with Gasteiger partial charge in [-0.3, -0.25) is 9.52 Å². The molecule has 0 saturated heterocycles. The van der Waals surface area contributed by atoms with E-state index in [1.807, 2.05) is 25.2 Å². The highest BCUT2D eigenvalue weighted by Gasteiger charge is 2.11. The number of anilines is 1. The molecule has 1 amide bonds. The topological polar surface area (TPSA) is 59.0 Å². The molecule has 0 aliphatic carbocycles. The van der Waals surface area contributed by atoms with Crippen molar-refractivity contribution in [2.45, 2.75) is 24.4 Å². The van der Waals surface area contributed by atoms with E-state index in [0.717, 1.165) is 16.1 Å². The lowest BCUT2D eigenvalue weighted by molar-refractivity contribution is -0.115. The van der Waals surface area contributed by atoms with Gasteiger partial charge >= 0.3 is 0 Å². The molecule has 2 radical (unpaired) electrons. The summed E-state index contributed by atoms with van der Waals surface area (Å²) in [7, 11) is 7.57. The van der Waals surface area contributed by atoms with Crippen molar-refractivity contribution in [1.29, 1.82) is 0 Å². The lowest BCUT2D eigenvalue weighted by atomic mass is 10.0. The van der Waals surface area contributed by atoms with E-state index in [-0.39, 0.29) is 12.3 Å². The molecular formula is C20H20BFN4OS. The minimum atomic E-state index is -1.02. The van der Waals surface area contributed by atoms with Crippen molar-refractivity contribution >= 4 is 36.9 Å². The van der Waals surface area contributed by atoms with Crippen LogP contribution in [0.4, 0.5) is 10.1 Å². The highest BCUT2D eigenvalue weighted by atomic mass is 32.2. The Morgan fingerprint density at radius 1 is 1.29 bits per heavy atom. The molecule has 1 aromatic heterocycles. The van der Waals surface area contributed by atoms with E-state index >= 15 is 0 Å². The first-order valence-corrected chi connectivity index (χ1v) is 9.59. The maximum absolute atomic E-state index is 13.3. The molecule has 2 aromatic carbocycles. The third kappa shape index (κ3) is 5.02. The summed E-state index contributed by atoms with van der Waals surface area (Å²) < 4.78 is 18.0. The van der Waals surface area contributed by atoms with Crippen LogP contribution >= 0.6 is 11.9 Å². The van der Waals surface area contributed by atoms with E-state index in [2.05, 4.69) is 15.1 Å². The van der Waals surface area contributed by atoms with Crippen LogP contribution < -0.4 is 15.5 Å². The molecule has 1 unspecified atom stereocenters. The molecule has 0 aliphatic heterocycles. The van der Waals surface area contributed by atoms with Gasteiger partial charge in [0.25, 0.3) is 0 Å². The van der Waals surface area contributed by atoms with Crippen LogP contribution in [0, 0.1) is 0 Å². The summed E-state index contributed by atoms with van der Waals surface area (Å²) in [5.74, 6) is -0.141. The fourth-order valence-electron chi connectivity index (χ4n) is 2.73. The lowest BCUT2D eigenvalue weighted by Gasteiger charge is -2.12. The molecule has 0 saturated carbocycles. The summed E-state index contributed by atoms with van der Waals surface area (Å²) in [6.07, 6.45) is 2.51. The van der Waals surface area contributed by atoms with Gasteiger partial charge in [-0.2, -0.15) is 5.10 Å². The number of rotatable bonds is 7. The zero-order valence-corrected chi connectivity index (χ0v) is 16.5. The van der Waals surface area contributed by atoms with Gasteiger partial charge in [0.15, 0.2) is 0 Å². The number of amides is 1. The predicted octanol–water partition coefficient (Wildman–Crippen LogP) is 3.10. The van der Waals surface area contributed by atoms with Crippen LogP contribution in [-0.4, -0.2) is 30.6 Å². The van der Waals surface area contributed by atoms with Crippen LogP contribution in [-0.2, 0) is 11.2 Å². The van der Waals surface area contributed by atoms with Crippen molar-refractivity contribution in [3.05, 3.63) is 66.0 Å². The van der Waals surface area contributed by atoms with Crippen LogP contribution in [0.3, 0.4) is 0 Å². The summed E-state index contributed by atoms with van der Waals surface area (Å²) >= 11 is 1.42. The zero-order valence-electron chi connectivity index (χ0n) is 15.6. The molecule has 0 fully saturated rings. The van der Waals surface area contributed by atoms with Crippen LogP contribution in [0.5, 0.6) is 0 Å². The largest absolute Gasteiger partial charge is 0.326 e. The standard InChI is InChI=1S/C20H20BFN4OS/c1-13(22)15-5-3-14(4-6-15)9-20(27)25-17-7-8-18(19(10-17)28-23-2)26-12-16(21)11-24-26/h3-8,10-13,23H,9H2,1-2H3,(H,25,27). The van der Waals surface area contributed by atoms with Gasteiger partial charge < -0.3 is 5.32 Å². The normalized spacial score (nSPS) is 12.0. The number of benzene rings is 2. The molecular weight excluding hydrogens is 374 g/mol. The summed E-state index contributed by atoms with van der Waals surface area (Å²) in [6.45, 7) is 1.49. The summed E-state index contributed by atoms with van der Waals surface area (Å²) in [5.41, 5.74) is 3.54. The molecule has 142 valence electrons. The number of hydrogen-bond acceptors (Lipinski definition) is 4. The van der Waals surface area contributed by atoms with E-state index < -0.39 is 6.17 Å². The van der Waals surface area contributed by atoms with Gasteiger partial charge in [0.2, 0.25) is 5.91 Å². The molecule has 2 N–H and O–H groups in total. The predicted molar refractivity (Wildman–Crippen MR) is 112 cm³/mol. The average Bonchev–Trinajstić information content (AvgIpc) is 3.08. The molecule has 0 bridgehead atoms. The second kappa shape index (κ2) is 9.08. The molecule has 8 heteroatoms. The van der Waals surface area contributed by atoms with Crippen molar-refractivity contribution in [3.8, 4) is 5.69 Å². The quantitative estimate of drug-likeness (QED) is 0.478. The molecule has 3 aromatic rings. The lowest BCUT2D eigenvalue weighted by Crippen LogP contribution is -2.14. The number of alkyl halides is 1. The molecule has 1 heterocycles. The van der Waals surface area contributed by atoms with Crippen molar-refractivity contribution in [2.75, 3.05) is 12.4 Å². The van der Waals surface area contributed by atoms with Crippen LogP contribution in [0.15, 0.2) is 59.8 Å². The monoisotopic (exact) mass is 394 g/mol. The number of carbonyl (C=O) groups is 1. The number of hydrogen-bond donors (Lipinski definition) is 2. The molecule has 0 aliphatic rings. The zero-order chi connectivity index (χ0) is 20.1. The van der Waals surface area contributed by atoms with Gasteiger partial charge in [-0.25, -0.2) is 9.07 Å². The Hall–Kier alpha value is -2.58. The van der Waals surface area contributed by atoms with Gasteiger partial charge in [0.05, 0.1) is 17.0 Å². The number of halogens is 1. The van der Waals surface area contributed by atoms with Gasteiger partial charge in [-0.1, -0.05) is 29.7 Å². The van der Waals surface area contributed by atoms with E-state index in [4.69, 9.17) is 7.85 Å². The smallest absolute Gasteiger partial charge is 0.228 e. The fraction of sp³-hybridized carbons (Fsp3) is 0.200. The first kappa shape index (κ1) is 20.2. The number of nitrogens with one attached hydrogen (secondary N) is 2. The Morgan fingerprint density at radius 3 is 2.64 bits per heavy atom. The highest BCUT2D eigenvalue weighted by molar-refractivity contribution is 7.97. The van der Waals surface area contributed by atoms with E-state index in [9.17, 15) is 9.18 Å². The Labute approximate surface area is 169 Å². The maximum Gasteiger partial charge on any atom is 0.228 e. The van der Waals surface area contributed by atoms with Crippen LogP contribution in [0.2, 0.25) is 0 Å². The van der Waals surface area contributed by atoms with Crippen molar-refractivity contribution in [1.82, 2.24) is 14.5 Å². The Kier molecular flexibility index (Phi) is 6.54. The summed E-state index contributed by atoms with van der Waals surface area (Å²) in [5, 5.41) is 7.13. The third-order valence-electron chi connectivity index (χ3n) is 4.11. The number of aromatic nitrogens is 2. The van der Waals surface area contributed by atoms with Gasteiger partial charge in [0, 0.05) is 18.1 Å². The molecule has 5 nitrogen and oxygen atoms in total.